The smallest absolute Gasteiger partial charge is 0.313 e. The molecule has 0 aliphatic carbocycles. The average Bonchev–Trinajstić information content (AvgIpc) is 2.87. The zero-order valence-corrected chi connectivity index (χ0v) is 14.1. The molecule has 0 spiro atoms. The molecule has 20 heavy (non-hydrogen) atoms. The molecule has 1 aromatic carbocycles. The summed E-state index contributed by atoms with van der Waals surface area (Å²) < 4.78 is 1.61. The Labute approximate surface area is 136 Å². The van der Waals surface area contributed by atoms with Crippen LogP contribution in [-0.4, -0.2) is 11.8 Å². The number of hydrogen-bond donors (Lipinski definition) is 2. The van der Waals surface area contributed by atoms with E-state index in [1.807, 2.05) is 23.6 Å². The van der Waals surface area contributed by atoms with Crippen molar-refractivity contribution >= 4 is 60.7 Å². The summed E-state index contributed by atoms with van der Waals surface area (Å²) in [7, 11) is 0. The van der Waals surface area contributed by atoms with Crippen LogP contribution in [0.3, 0.4) is 0 Å². The van der Waals surface area contributed by atoms with Gasteiger partial charge in [0.1, 0.15) is 0 Å². The fourth-order valence-corrected chi connectivity index (χ4v) is 3.41. The van der Waals surface area contributed by atoms with Crippen LogP contribution in [-0.2, 0) is 16.1 Å². The second-order valence-electron chi connectivity index (χ2n) is 3.87. The fraction of sp³-hybridized carbons (Fsp3) is 0.0769. The molecule has 0 radical (unpaired) electrons. The lowest BCUT2D eigenvalue weighted by atomic mass is 10.3. The van der Waals surface area contributed by atoms with Gasteiger partial charge in [-0.05, 0) is 29.6 Å². The average molecular weight is 418 g/mol. The molecule has 2 amide bonds. The van der Waals surface area contributed by atoms with Crippen LogP contribution in [0.25, 0.3) is 0 Å². The molecule has 104 valence electrons. The van der Waals surface area contributed by atoms with Gasteiger partial charge in [-0.1, -0.05) is 37.9 Å². The molecule has 0 bridgehead atoms. The number of nitrogens with one attached hydrogen (secondary N) is 2. The first-order valence-electron chi connectivity index (χ1n) is 5.62. The van der Waals surface area contributed by atoms with Crippen molar-refractivity contribution in [2.75, 3.05) is 5.32 Å². The summed E-state index contributed by atoms with van der Waals surface area (Å²) >= 11 is 8.16. The van der Waals surface area contributed by atoms with E-state index in [0.717, 1.165) is 13.8 Å². The Balaban J connectivity index is 1.92. The Bertz CT molecular complexity index is 609. The fourth-order valence-electron chi connectivity index (χ4n) is 1.47. The van der Waals surface area contributed by atoms with Crippen molar-refractivity contribution in [1.29, 1.82) is 0 Å². The molecule has 0 aliphatic heterocycles. The summed E-state index contributed by atoms with van der Waals surface area (Å²) in [5.41, 5.74) is 0.544. The van der Waals surface area contributed by atoms with Gasteiger partial charge in [0.25, 0.3) is 0 Å². The van der Waals surface area contributed by atoms with Gasteiger partial charge in [0.2, 0.25) is 0 Å². The topological polar surface area (TPSA) is 58.2 Å². The number of thiophene rings is 1. The van der Waals surface area contributed by atoms with Gasteiger partial charge >= 0.3 is 11.8 Å². The zero-order chi connectivity index (χ0) is 14.5. The van der Waals surface area contributed by atoms with Crippen LogP contribution in [0.4, 0.5) is 5.69 Å². The Morgan fingerprint density at radius 2 is 1.80 bits per heavy atom. The second kappa shape index (κ2) is 7.01. The number of carbonyl (C=O) groups excluding carboxylic acids is 2. The molecule has 0 unspecified atom stereocenters. The summed E-state index contributed by atoms with van der Waals surface area (Å²) in [6.07, 6.45) is 0. The summed E-state index contributed by atoms with van der Waals surface area (Å²) in [5, 5.41) is 7.03. The normalized spacial score (nSPS) is 10.1. The van der Waals surface area contributed by atoms with E-state index >= 15 is 0 Å². The largest absolute Gasteiger partial charge is 0.343 e. The third kappa shape index (κ3) is 4.43. The van der Waals surface area contributed by atoms with E-state index in [4.69, 9.17) is 0 Å². The highest BCUT2D eigenvalue weighted by Crippen LogP contribution is 2.23. The lowest BCUT2D eigenvalue weighted by Gasteiger charge is -2.07. The minimum Gasteiger partial charge on any atom is -0.343 e. The lowest BCUT2D eigenvalue weighted by molar-refractivity contribution is -0.136. The predicted octanol–water partition coefficient (Wildman–Crippen LogP) is 3.53. The van der Waals surface area contributed by atoms with Gasteiger partial charge in [-0.3, -0.25) is 9.59 Å². The van der Waals surface area contributed by atoms with Gasteiger partial charge in [-0.2, -0.15) is 0 Å². The monoisotopic (exact) mass is 416 g/mol. The first-order valence-corrected chi connectivity index (χ1v) is 8.09. The maximum absolute atomic E-state index is 11.7. The highest BCUT2D eigenvalue weighted by Gasteiger charge is 2.13. The van der Waals surface area contributed by atoms with Crippen molar-refractivity contribution in [3.8, 4) is 0 Å². The first-order chi connectivity index (χ1) is 9.54. The Morgan fingerprint density at radius 1 is 1.10 bits per heavy atom. The number of hydrogen-bond acceptors (Lipinski definition) is 3. The molecule has 2 N–H and O–H groups in total. The van der Waals surface area contributed by atoms with Gasteiger partial charge in [-0.25, -0.2) is 0 Å². The highest BCUT2D eigenvalue weighted by atomic mass is 79.9. The first kappa shape index (κ1) is 15.2. The molecule has 0 atom stereocenters. The van der Waals surface area contributed by atoms with E-state index < -0.39 is 11.8 Å². The van der Waals surface area contributed by atoms with Crippen molar-refractivity contribution < 1.29 is 9.59 Å². The van der Waals surface area contributed by atoms with E-state index in [-0.39, 0.29) is 0 Å². The molecular formula is C13H10Br2N2O2S. The highest BCUT2D eigenvalue weighted by molar-refractivity contribution is 9.11. The summed E-state index contributed by atoms with van der Waals surface area (Å²) in [6, 6.07) is 9.07. The van der Waals surface area contributed by atoms with Crippen molar-refractivity contribution in [3.05, 3.63) is 49.5 Å². The summed E-state index contributed by atoms with van der Waals surface area (Å²) in [5.74, 6) is -1.35. The van der Waals surface area contributed by atoms with E-state index in [1.54, 1.807) is 12.1 Å². The molecule has 0 fully saturated rings. The maximum Gasteiger partial charge on any atom is 0.313 e. The van der Waals surface area contributed by atoms with E-state index in [9.17, 15) is 9.59 Å². The maximum atomic E-state index is 11.7. The minimum absolute atomic E-state index is 0.353. The molecule has 0 saturated heterocycles. The molecule has 7 heteroatoms. The third-order valence-electron chi connectivity index (χ3n) is 2.33. The number of carbonyl (C=O) groups is 2. The molecule has 1 aromatic heterocycles. The SMILES string of the molecule is O=C(NCc1cccs1)C(=O)Nc1cc(Br)cc(Br)c1. The second-order valence-corrected chi connectivity index (χ2v) is 6.74. The van der Waals surface area contributed by atoms with Crippen molar-refractivity contribution in [1.82, 2.24) is 5.32 Å². The third-order valence-corrected chi connectivity index (χ3v) is 4.12. The number of halogens is 2. The van der Waals surface area contributed by atoms with Crippen molar-refractivity contribution in [3.63, 3.8) is 0 Å². The van der Waals surface area contributed by atoms with Crippen molar-refractivity contribution in [2.24, 2.45) is 0 Å². The van der Waals surface area contributed by atoms with Gasteiger partial charge < -0.3 is 10.6 Å². The van der Waals surface area contributed by atoms with Gasteiger partial charge in [-0.15, -0.1) is 11.3 Å². The van der Waals surface area contributed by atoms with Crippen LogP contribution < -0.4 is 10.6 Å². The predicted molar refractivity (Wildman–Crippen MR) is 86.6 cm³/mol. The molecule has 0 aliphatic rings. The van der Waals surface area contributed by atoms with Gasteiger partial charge in [0.05, 0.1) is 6.54 Å². The van der Waals surface area contributed by atoms with Crippen LogP contribution in [0.5, 0.6) is 0 Å². The molecule has 2 rings (SSSR count). The number of amides is 2. The molecule has 1 heterocycles. The van der Waals surface area contributed by atoms with Gasteiger partial charge in [0.15, 0.2) is 0 Å². The summed E-state index contributed by atoms with van der Waals surface area (Å²) in [4.78, 5) is 24.4. The Morgan fingerprint density at radius 3 is 2.40 bits per heavy atom. The van der Waals surface area contributed by atoms with Crippen LogP contribution >= 0.6 is 43.2 Å². The number of anilines is 1. The number of benzene rings is 1. The minimum atomic E-state index is -0.688. The van der Waals surface area contributed by atoms with Crippen molar-refractivity contribution in [2.45, 2.75) is 6.54 Å². The Hall–Kier alpha value is -1.18. The van der Waals surface area contributed by atoms with Crippen LogP contribution in [0, 0.1) is 0 Å². The number of rotatable bonds is 3. The molecular weight excluding hydrogens is 408 g/mol. The molecule has 0 saturated carbocycles. The standard InChI is InChI=1S/C13H10Br2N2O2S/c14-8-4-9(15)6-10(5-8)17-13(19)12(18)16-7-11-2-1-3-20-11/h1-6H,7H2,(H,16,18)(H,17,19). The van der Waals surface area contributed by atoms with Crippen LogP contribution in [0.1, 0.15) is 4.88 Å². The quantitative estimate of drug-likeness (QED) is 0.750. The van der Waals surface area contributed by atoms with E-state index in [0.29, 0.717) is 12.2 Å². The van der Waals surface area contributed by atoms with Crippen LogP contribution in [0.15, 0.2) is 44.7 Å². The molecule has 2 aromatic rings. The zero-order valence-electron chi connectivity index (χ0n) is 10.2. The molecule has 4 nitrogen and oxygen atoms in total. The summed E-state index contributed by atoms with van der Waals surface area (Å²) in [6.45, 7) is 0.353. The Kier molecular flexibility index (Phi) is 5.33. The lowest BCUT2D eigenvalue weighted by Crippen LogP contribution is -2.34. The van der Waals surface area contributed by atoms with E-state index in [2.05, 4.69) is 42.5 Å². The van der Waals surface area contributed by atoms with Gasteiger partial charge in [0, 0.05) is 19.5 Å². The van der Waals surface area contributed by atoms with E-state index in [1.165, 1.54) is 11.3 Å². The van der Waals surface area contributed by atoms with Crippen LogP contribution in [0.2, 0.25) is 0 Å².